The Kier molecular flexibility index (Phi) is 20.1. The van der Waals surface area contributed by atoms with Crippen LogP contribution in [0, 0.1) is 22.7 Å². The molecule has 0 atom stereocenters. The molecular weight excluding hydrogens is 346 g/mol. The van der Waals surface area contributed by atoms with Gasteiger partial charge >= 0.3 is 0 Å². The van der Waals surface area contributed by atoms with Crippen LogP contribution in [0.3, 0.4) is 0 Å². The summed E-state index contributed by atoms with van der Waals surface area (Å²) in [7, 11) is 0. The monoisotopic (exact) mass is 387 g/mol. The first-order chi connectivity index (χ1) is 13.8. The van der Waals surface area contributed by atoms with E-state index in [9.17, 15) is 4.79 Å². The SMILES string of the molecule is CCCCCCCC/C=C\CCCCCCCC(=O)N(CCC#N)CCC#N. The minimum Gasteiger partial charge on any atom is -0.341 e. The van der Waals surface area contributed by atoms with Crippen molar-refractivity contribution < 1.29 is 4.79 Å². The molecule has 4 heteroatoms. The first kappa shape index (κ1) is 26.2. The molecule has 0 saturated heterocycles. The van der Waals surface area contributed by atoms with Crippen molar-refractivity contribution >= 4 is 5.91 Å². The number of rotatable bonds is 19. The molecule has 0 radical (unpaired) electrons. The first-order valence-electron chi connectivity index (χ1n) is 11.4. The molecule has 0 bridgehead atoms. The standard InChI is InChI=1S/C24H41N3O/c1-2-3-4-5-6-7-8-9-10-11-12-13-14-15-16-19-24(28)27(22-17-20-25)23-18-21-26/h9-10H,2-8,11-19,22-23H2,1H3/b10-9-. The molecule has 0 saturated carbocycles. The van der Waals surface area contributed by atoms with Crippen molar-refractivity contribution in [2.24, 2.45) is 0 Å². The second-order valence-corrected chi connectivity index (χ2v) is 7.53. The molecule has 0 fully saturated rings. The third-order valence-corrected chi connectivity index (χ3v) is 4.99. The Bertz CT molecular complexity index is 455. The molecule has 0 unspecified atom stereocenters. The first-order valence-corrected chi connectivity index (χ1v) is 11.4. The van der Waals surface area contributed by atoms with Crippen LogP contribution in [0.4, 0.5) is 0 Å². The van der Waals surface area contributed by atoms with Gasteiger partial charge in [0.1, 0.15) is 0 Å². The van der Waals surface area contributed by atoms with Crippen LogP contribution in [0.1, 0.15) is 110 Å². The van der Waals surface area contributed by atoms with Gasteiger partial charge in [-0.1, -0.05) is 70.4 Å². The van der Waals surface area contributed by atoms with Gasteiger partial charge in [-0.25, -0.2) is 0 Å². The van der Waals surface area contributed by atoms with E-state index in [1.807, 2.05) is 0 Å². The number of carbonyl (C=O) groups excluding carboxylic acids is 1. The van der Waals surface area contributed by atoms with E-state index < -0.39 is 0 Å². The highest BCUT2D eigenvalue weighted by atomic mass is 16.2. The zero-order valence-corrected chi connectivity index (χ0v) is 18.1. The van der Waals surface area contributed by atoms with Crippen molar-refractivity contribution in [3.05, 3.63) is 12.2 Å². The summed E-state index contributed by atoms with van der Waals surface area (Å²) in [5.41, 5.74) is 0. The Hall–Kier alpha value is -1.81. The van der Waals surface area contributed by atoms with Gasteiger partial charge in [-0.2, -0.15) is 10.5 Å². The van der Waals surface area contributed by atoms with E-state index in [2.05, 4.69) is 31.2 Å². The quantitative estimate of drug-likeness (QED) is 0.183. The van der Waals surface area contributed by atoms with E-state index >= 15 is 0 Å². The molecule has 0 heterocycles. The van der Waals surface area contributed by atoms with Gasteiger partial charge in [-0.3, -0.25) is 4.79 Å². The van der Waals surface area contributed by atoms with Gasteiger partial charge in [-0.15, -0.1) is 0 Å². The Morgan fingerprint density at radius 3 is 1.71 bits per heavy atom. The van der Waals surface area contributed by atoms with E-state index in [0.29, 0.717) is 32.4 Å². The number of carbonyl (C=O) groups is 1. The van der Waals surface area contributed by atoms with Crippen molar-refractivity contribution in [2.45, 2.75) is 110 Å². The van der Waals surface area contributed by atoms with Gasteiger partial charge in [-0.05, 0) is 32.1 Å². The zero-order valence-electron chi connectivity index (χ0n) is 18.1. The topological polar surface area (TPSA) is 67.9 Å². The minimum absolute atomic E-state index is 0.0862. The van der Waals surface area contributed by atoms with Crippen molar-refractivity contribution in [3.63, 3.8) is 0 Å². The fourth-order valence-corrected chi connectivity index (χ4v) is 3.24. The second-order valence-electron chi connectivity index (χ2n) is 7.53. The average Bonchev–Trinajstić information content (AvgIpc) is 2.70. The maximum atomic E-state index is 12.2. The molecule has 0 aliphatic carbocycles. The lowest BCUT2D eigenvalue weighted by Crippen LogP contribution is -2.32. The molecule has 4 nitrogen and oxygen atoms in total. The fraction of sp³-hybridized carbons (Fsp3) is 0.792. The van der Waals surface area contributed by atoms with E-state index in [4.69, 9.17) is 10.5 Å². The van der Waals surface area contributed by atoms with Crippen LogP contribution in [0.15, 0.2) is 12.2 Å². The van der Waals surface area contributed by atoms with Crippen LogP contribution in [-0.2, 0) is 4.79 Å². The van der Waals surface area contributed by atoms with Gasteiger partial charge in [0, 0.05) is 19.5 Å². The summed E-state index contributed by atoms with van der Waals surface area (Å²) >= 11 is 0. The van der Waals surface area contributed by atoms with E-state index in [1.165, 1.54) is 70.6 Å². The molecule has 158 valence electrons. The summed E-state index contributed by atoms with van der Waals surface area (Å²) in [6, 6.07) is 4.14. The van der Waals surface area contributed by atoms with Gasteiger partial charge < -0.3 is 4.90 Å². The molecule has 28 heavy (non-hydrogen) atoms. The van der Waals surface area contributed by atoms with Crippen molar-refractivity contribution in [1.29, 1.82) is 10.5 Å². The van der Waals surface area contributed by atoms with Crippen molar-refractivity contribution in [1.82, 2.24) is 4.90 Å². The van der Waals surface area contributed by atoms with Gasteiger partial charge in [0.2, 0.25) is 5.91 Å². The summed E-state index contributed by atoms with van der Waals surface area (Å²) in [5.74, 6) is 0.0862. The van der Waals surface area contributed by atoms with Crippen molar-refractivity contribution in [2.75, 3.05) is 13.1 Å². The lowest BCUT2D eigenvalue weighted by molar-refractivity contribution is -0.131. The third-order valence-electron chi connectivity index (χ3n) is 4.99. The van der Waals surface area contributed by atoms with Crippen LogP contribution in [0.2, 0.25) is 0 Å². The Morgan fingerprint density at radius 1 is 0.750 bits per heavy atom. The minimum atomic E-state index is 0.0862. The van der Waals surface area contributed by atoms with Crippen LogP contribution in [0.5, 0.6) is 0 Å². The van der Waals surface area contributed by atoms with Crippen LogP contribution >= 0.6 is 0 Å². The lowest BCUT2D eigenvalue weighted by Gasteiger charge is -2.20. The second kappa shape index (κ2) is 21.5. The number of amides is 1. The predicted molar refractivity (Wildman–Crippen MR) is 116 cm³/mol. The molecule has 0 aliphatic rings. The molecule has 0 aromatic rings. The third kappa shape index (κ3) is 17.6. The highest BCUT2D eigenvalue weighted by molar-refractivity contribution is 5.76. The van der Waals surface area contributed by atoms with Gasteiger partial charge in [0.25, 0.3) is 0 Å². The van der Waals surface area contributed by atoms with Crippen LogP contribution < -0.4 is 0 Å². The maximum absolute atomic E-state index is 12.2. The highest BCUT2D eigenvalue weighted by Crippen LogP contribution is 2.11. The Balaban J connectivity index is 3.54. The number of hydrogen-bond acceptors (Lipinski definition) is 3. The molecule has 0 N–H and O–H groups in total. The molecule has 0 aromatic heterocycles. The largest absolute Gasteiger partial charge is 0.341 e. The van der Waals surface area contributed by atoms with Gasteiger partial charge in [0.15, 0.2) is 0 Å². The molecule has 0 rings (SSSR count). The average molecular weight is 388 g/mol. The molecule has 0 aromatic carbocycles. The zero-order chi connectivity index (χ0) is 20.7. The Labute approximate surface area is 173 Å². The molecule has 0 spiro atoms. The smallest absolute Gasteiger partial charge is 0.222 e. The van der Waals surface area contributed by atoms with Crippen LogP contribution in [-0.4, -0.2) is 23.9 Å². The number of unbranched alkanes of at least 4 members (excludes halogenated alkanes) is 11. The maximum Gasteiger partial charge on any atom is 0.222 e. The van der Waals surface area contributed by atoms with Crippen molar-refractivity contribution in [3.8, 4) is 12.1 Å². The molecule has 1 amide bonds. The lowest BCUT2D eigenvalue weighted by atomic mass is 10.1. The summed E-state index contributed by atoms with van der Waals surface area (Å²) < 4.78 is 0. The summed E-state index contributed by atoms with van der Waals surface area (Å²) in [4.78, 5) is 13.9. The molecular formula is C24H41N3O. The number of allylic oxidation sites excluding steroid dienone is 2. The highest BCUT2D eigenvalue weighted by Gasteiger charge is 2.12. The summed E-state index contributed by atoms with van der Waals surface area (Å²) in [6.07, 6.45) is 22.1. The normalized spacial score (nSPS) is 10.7. The molecule has 0 aliphatic heterocycles. The fourth-order valence-electron chi connectivity index (χ4n) is 3.24. The Morgan fingerprint density at radius 2 is 1.21 bits per heavy atom. The number of nitrogens with zero attached hydrogens (tertiary/aromatic N) is 3. The summed E-state index contributed by atoms with van der Waals surface area (Å²) in [5, 5.41) is 17.4. The van der Waals surface area contributed by atoms with E-state index in [1.54, 1.807) is 4.90 Å². The van der Waals surface area contributed by atoms with E-state index in [-0.39, 0.29) is 5.91 Å². The van der Waals surface area contributed by atoms with Crippen LogP contribution in [0.25, 0.3) is 0 Å². The number of hydrogen-bond donors (Lipinski definition) is 0. The number of nitriles is 2. The summed E-state index contributed by atoms with van der Waals surface area (Å²) in [6.45, 7) is 3.15. The van der Waals surface area contributed by atoms with Gasteiger partial charge in [0.05, 0.1) is 25.0 Å². The predicted octanol–water partition coefficient (Wildman–Crippen LogP) is 6.68. The van der Waals surface area contributed by atoms with E-state index in [0.717, 1.165) is 12.8 Å².